The normalized spacial score (nSPS) is 12.4. The molecular weight excluding hydrogens is 240 g/mol. The lowest BCUT2D eigenvalue weighted by atomic mass is 10.0. The van der Waals surface area contributed by atoms with Gasteiger partial charge in [0.15, 0.2) is 0 Å². The molecule has 0 spiro atoms. The van der Waals surface area contributed by atoms with Crippen LogP contribution in [0.1, 0.15) is 30.5 Å². The van der Waals surface area contributed by atoms with Crippen molar-refractivity contribution in [3.63, 3.8) is 0 Å². The van der Waals surface area contributed by atoms with Gasteiger partial charge in [-0.05, 0) is 40.4 Å². The van der Waals surface area contributed by atoms with Crippen LogP contribution in [0, 0.1) is 0 Å². The third-order valence-corrected chi connectivity index (χ3v) is 3.92. The molecule has 2 aromatic rings. The van der Waals surface area contributed by atoms with E-state index in [0.29, 0.717) is 0 Å². The summed E-state index contributed by atoms with van der Waals surface area (Å²) in [4.78, 5) is 2.27. The molecular formula is C15H20N2S. The van der Waals surface area contributed by atoms with E-state index in [0.717, 1.165) is 13.0 Å². The Morgan fingerprint density at radius 1 is 1.28 bits per heavy atom. The minimum absolute atomic E-state index is 0.117. The van der Waals surface area contributed by atoms with E-state index in [4.69, 9.17) is 5.73 Å². The molecule has 2 N–H and O–H groups in total. The summed E-state index contributed by atoms with van der Waals surface area (Å²) >= 11 is 1.74. The topological polar surface area (TPSA) is 29.3 Å². The number of para-hydroxylation sites is 1. The van der Waals surface area contributed by atoms with Crippen molar-refractivity contribution in [2.45, 2.75) is 25.9 Å². The highest BCUT2D eigenvalue weighted by atomic mass is 32.1. The molecule has 0 saturated heterocycles. The molecule has 2 nitrogen and oxygen atoms in total. The number of thiophene rings is 1. The van der Waals surface area contributed by atoms with E-state index in [1.165, 1.54) is 16.8 Å². The average molecular weight is 260 g/mol. The minimum Gasteiger partial charge on any atom is -0.370 e. The quantitative estimate of drug-likeness (QED) is 0.886. The summed E-state index contributed by atoms with van der Waals surface area (Å²) in [5.74, 6) is 0. The van der Waals surface area contributed by atoms with Crippen LogP contribution in [0.15, 0.2) is 41.1 Å². The van der Waals surface area contributed by atoms with Crippen LogP contribution in [0.5, 0.6) is 0 Å². The maximum absolute atomic E-state index is 6.18. The third kappa shape index (κ3) is 2.92. The molecule has 1 heterocycles. The van der Waals surface area contributed by atoms with E-state index in [9.17, 15) is 0 Å². The molecule has 0 aliphatic carbocycles. The van der Waals surface area contributed by atoms with Crippen LogP contribution in [0.4, 0.5) is 5.69 Å². The zero-order chi connectivity index (χ0) is 13.0. The summed E-state index contributed by atoms with van der Waals surface area (Å²) < 4.78 is 0. The molecule has 96 valence electrons. The molecule has 1 atom stereocenters. The third-order valence-electron chi connectivity index (χ3n) is 3.19. The first kappa shape index (κ1) is 13.1. The highest BCUT2D eigenvalue weighted by Gasteiger charge is 2.12. The molecule has 0 radical (unpaired) electrons. The Balaban J connectivity index is 2.21. The van der Waals surface area contributed by atoms with Crippen LogP contribution < -0.4 is 10.6 Å². The lowest BCUT2D eigenvalue weighted by molar-refractivity contribution is 0.694. The number of hydrogen-bond acceptors (Lipinski definition) is 3. The summed E-state index contributed by atoms with van der Waals surface area (Å²) in [5, 5.41) is 4.31. The van der Waals surface area contributed by atoms with Crippen molar-refractivity contribution in [1.29, 1.82) is 0 Å². The SMILES string of the molecule is CC[C@@H](N)c1ccccc1N(C)Cc1ccsc1. The van der Waals surface area contributed by atoms with Crippen LogP contribution >= 0.6 is 11.3 Å². The van der Waals surface area contributed by atoms with Gasteiger partial charge in [0.25, 0.3) is 0 Å². The van der Waals surface area contributed by atoms with E-state index in [2.05, 4.69) is 60.0 Å². The molecule has 0 bridgehead atoms. The van der Waals surface area contributed by atoms with Crippen molar-refractivity contribution in [3.05, 3.63) is 52.2 Å². The molecule has 3 heteroatoms. The van der Waals surface area contributed by atoms with E-state index in [1.54, 1.807) is 11.3 Å². The Labute approximate surface area is 113 Å². The van der Waals surface area contributed by atoms with Crippen LogP contribution in [-0.2, 0) is 6.54 Å². The molecule has 2 rings (SSSR count). The molecule has 18 heavy (non-hydrogen) atoms. The number of nitrogens with two attached hydrogens (primary N) is 1. The standard InChI is InChI=1S/C15H20N2S/c1-3-14(16)13-6-4-5-7-15(13)17(2)10-12-8-9-18-11-12/h4-9,11,14H,3,10,16H2,1-2H3/t14-/m1/s1. The predicted octanol–water partition coefficient (Wildman–Crippen LogP) is 3.79. The van der Waals surface area contributed by atoms with Gasteiger partial charge in [-0.25, -0.2) is 0 Å². The Morgan fingerprint density at radius 3 is 2.72 bits per heavy atom. The molecule has 0 aliphatic heterocycles. The maximum atomic E-state index is 6.18. The number of anilines is 1. The van der Waals surface area contributed by atoms with Gasteiger partial charge in [0.05, 0.1) is 0 Å². The Kier molecular flexibility index (Phi) is 4.39. The second-order valence-electron chi connectivity index (χ2n) is 4.56. The molecule has 0 unspecified atom stereocenters. The zero-order valence-corrected chi connectivity index (χ0v) is 11.8. The average Bonchev–Trinajstić information content (AvgIpc) is 2.90. The summed E-state index contributed by atoms with van der Waals surface area (Å²) in [5.41, 5.74) is 10.00. The van der Waals surface area contributed by atoms with Crippen molar-refractivity contribution in [1.82, 2.24) is 0 Å². The van der Waals surface area contributed by atoms with Gasteiger partial charge >= 0.3 is 0 Å². The van der Waals surface area contributed by atoms with Gasteiger partial charge in [-0.15, -0.1) is 0 Å². The molecule has 1 aromatic carbocycles. The summed E-state index contributed by atoms with van der Waals surface area (Å²) in [6, 6.07) is 10.7. The van der Waals surface area contributed by atoms with Crippen molar-refractivity contribution in [2.24, 2.45) is 5.73 Å². The van der Waals surface area contributed by atoms with E-state index < -0.39 is 0 Å². The van der Waals surface area contributed by atoms with Gasteiger partial charge in [0, 0.05) is 25.3 Å². The number of hydrogen-bond donors (Lipinski definition) is 1. The predicted molar refractivity (Wildman–Crippen MR) is 80.1 cm³/mol. The fourth-order valence-electron chi connectivity index (χ4n) is 2.11. The van der Waals surface area contributed by atoms with E-state index >= 15 is 0 Å². The smallest absolute Gasteiger partial charge is 0.0434 e. The first-order valence-corrected chi connectivity index (χ1v) is 7.23. The Morgan fingerprint density at radius 2 is 2.06 bits per heavy atom. The second kappa shape index (κ2) is 6.03. The van der Waals surface area contributed by atoms with Crippen LogP contribution in [-0.4, -0.2) is 7.05 Å². The molecule has 0 amide bonds. The van der Waals surface area contributed by atoms with Crippen molar-refractivity contribution in [3.8, 4) is 0 Å². The Hall–Kier alpha value is -1.32. The minimum atomic E-state index is 0.117. The fraction of sp³-hybridized carbons (Fsp3) is 0.333. The largest absolute Gasteiger partial charge is 0.370 e. The van der Waals surface area contributed by atoms with Gasteiger partial charge < -0.3 is 10.6 Å². The van der Waals surface area contributed by atoms with Gasteiger partial charge in [-0.3, -0.25) is 0 Å². The van der Waals surface area contributed by atoms with Gasteiger partial charge in [0.1, 0.15) is 0 Å². The van der Waals surface area contributed by atoms with Crippen LogP contribution in [0.3, 0.4) is 0 Å². The van der Waals surface area contributed by atoms with Gasteiger partial charge in [0.2, 0.25) is 0 Å². The first-order chi connectivity index (χ1) is 8.72. The molecule has 0 fully saturated rings. The van der Waals surface area contributed by atoms with Crippen molar-refractivity contribution < 1.29 is 0 Å². The molecule has 0 aliphatic rings. The van der Waals surface area contributed by atoms with Gasteiger partial charge in [-0.2, -0.15) is 11.3 Å². The summed E-state index contributed by atoms with van der Waals surface area (Å²) in [6.45, 7) is 3.05. The van der Waals surface area contributed by atoms with Crippen molar-refractivity contribution in [2.75, 3.05) is 11.9 Å². The van der Waals surface area contributed by atoms with Gasteiger partial charge in [-0.1, -0.05) is 25.1 Å². The van der Waals surface area contributed by atoms with E-state index in [-0.39, 0.29) is 6.04 Å². The number of rotatable bonds is 5. The Bertz CT molecular complexity index is 479. The van der Waals surface area contributed by atoms with Crippen molar-refractivity contribution >= 4 is 17.0 Å². The maximum Gasteiger partial charge on any atom is 0.0434 e. The molecule has 0 saturated carbocycles. The fourth-order valence-corrected chi connectivity index (χ4v) is 2.77. The number of benzene rings is 1. The monoisotopic (exact) mass is 260 g/mol. The zero-order valence-electron chi connectivity index (χ0n) is 11.0. The molecule has 1 aromatic heterocycles. The van der Waals surface area contributed by atoms with Crippen LogP contribution in [0.25, 0.3) is 0 Å². The van der Waals surface area contributed by atoms with E-state index in [1.807, 2.05) is 0 Å². The highest BCUT2D eigenvalue weighted by Crippen LogP contribution is 2.27. The lowest BCUT2D eigenvalue weighted by Crippen LogP contribution is -2.20. The number of nitrogens with zero attached hydrogens (tertiary/aromatic N) is 1. The van der Waals surface area contributed by atoms with Crippen LogP contribution in [0.2, 0.25) is 0 Å². The highest BCUT2D eigenvalue weighted by molar-refractivity contribution is 7.07. The lowest BCUT2D eigenvalue weighted by Gasteiger charge is -2.24. The first-order valence-electron chi connectivity index (χ1n) is 6.29. The summed E-state index contributed by atoms with van der Waals surface area (Å²) in [7, 11) is 2.12. The second-order valence-corrected chi connectivity index (χ2v) is 5.34. The summed E-state index contributed by atoms with van der Waals surface area (Å²) in [6.07, 6.45) is 0.962.